The topological polar surface area (TPSA) is 34.1 Å². The van der Waals surface area contributed by atoms with Crippen molar-refractivity contribution in [3.05, 3.63) is 101 Å². The van der Waals surface area contributed by atoms with E-state index in [-0.39, 0.29) is 0 Å². The lowest BCUT2D eigenvalue weighted by Crippen LogP contribution is -2.07. The number of ether oxygens (including phenoxy) is 1. The summed E-state index contributed by atoms with van der Waals surface area (Å²) in [6.07, 6.45) is 5.56. The van der Waals surface area contributed by atoms with E-state index in [1.54, 1.807) is 11.3 Å². The molecule has 4 aromatic carbocycles. The third kappa shape index (κ3) is 4.65. The number of thioether (sulfide) groups is 1. The Morgan fingerprint density at radius 3 is 2.59 bits per heavy atom. The molecule has 37 heavy (non-hydrogen) atoms. The first-order chi connectivity index (χ1) is 18.3. The Morgan fingerprint density at radius 1 is 0.865 bits per heavy atom. The van der Waals surface area contributed by atoms with E-state index >= 15 is 0 Å². The summed E-state index contributed by atoms with van der Waals surface area (Å²) in [6.45, 7) is 0.696. The molecule has 1 N–H and O–H groups in total. The van der Waals surface area contributed by atoms with E-state index in [1.807, 2.05) is 11.8 Å². The molecule has 2 atom stereocenters. The van der Waals surface area contributed by atoms with Gasteiger partial charge in [0.2, 0.25) is 0 Å². The number of nitrogens with one attached hydrogen (secondary N) is 1. The van der Waals surface area contributed by atoms with E-state index in [9.17, 15) is 0 Å². The van der Waals surface area contributed by atoms with Crippen LogP contribution in [0.25, 0.3) is 21.0 Å². The Hall–Kier alpha value is -2.86. The molecule has 1 fully saturated rings. The van der Waals surface area contributed by atoms with Gasteiger partial charge in [-0.15, -0.1) is 11.3 Å². The van der Waals surface area contributed by atoms with Crippen LogP contribution < -0.4 is 10.1 Å². The van der Waals surface area contributed by atoms with Gasteiger partial charge in [-0.05, 0) is 76.9 Å². The first-order valence-corrected chi connectivity index (χ1v) is 15.1. The monoisotopic (exact) mass is 522 g/mol. The molecule has 186 valence electrons. The highest BCUT2D eigenvalue weighted by Crippen LogP contribution is 2.47. The number of para-hydroxylation sites is 1. The van der Waals surface area contributed by atoms with E-state index < -0.39 is 0 Å². The van der Waals surface area contributed by atoms with Gasteiger partial charge in [0.05, 0.1) is 16.8 Å². The molecule has 0 amide bonds. The summed E-state index contributed by atoms with van der Waals surface area (Å²) in [5.74, 6) is 2.15. The van der Waals surface area contributed by atoms with Gasteiger partial charge in [-0.2, -0.15) is 0 Å². The minimum atomic E-state index is 0.504. The minimum Gasteiger partial charge on any atom is -0.493 e. The molecule has 7 rings (SSSR count). The van der Waals surface area contributed by atoms with Gasteiger partial charge in [-0.25, -0.2) is 4.98 Å². The van der Waals surface area contributed by atoms with Crippen LogP contribution in [0.3, 0.4) is 0 Å². The fraction of sp³-hybridized carbons (Fsp3) is 0.281. The van der Waals surface area contributed by atoms with Crippen molar-refractivity contribution in [1.82, 2.24) is 10.3 Å². The zero-order valence-corrected chi connectivity index (χ0v) is 22.4. The summed E-state index contributed by atoms with van der Waals surface area (Å²) in [5.41, 5.74) is 6.79. The predicted octanol–water partition coefficient (Wildman–Crippen LogP) is 8.28. The van der Waals surface area contributed by atoms with Crippen molar-refractivity contribution in [3.63, 3.8) is 0 Å². The normalized spacial score (nSPS) is 18.1. The van der Waals surface area contributed by atoms with Gasteiger partial charge >= 0.3 is 0 Å². The van der Waals surface area contributed by atoms with Gasteiger partial charge in [0.15, 0.2) is 4.34 Å². The van der Waals surface area contributed by atoms with Crippen molar-refractivity contribution in [2.24, 2.45) is 0 Å². The Labute approximate surface area is 226 Å². The third-order valence-electron chi connectivity index (χ3n) is 7.76. The fourth-order valence-corrected chi connectivity index (χ4v) is 8.02. The quantitative estimate of drug-likeness (QED) is 0.156. The number of hydrogen-bond donors (Lipinski definition) is 1. The number of nitrogens with zero attached hydrogens (tertiary/aromatic N) is 1. The van der Waals surface area contributed by atoms with Crippen LogP contribution in [0, 0.1) is 0 Å². The van der Waals surface area contributed by atoms with Crippen LogP contribution in [0.5, 0.6) is 5.75 Å². The number of thiazole rings is 1. The molecule has 1 saturated heterocycles. The Bertz CT molecular complexity index is 1540. The van der Waals surface area contributed by atoms with Gasteiger partial charge in [0.25, 0.3) is 0 Å². The third-order valence-corrected chi connectivity index (χ3v) is 10.0. The average Bonchev–Trinajstić information content (AvgIpc) is 3.66. The summed E-state index contributed by atoms with van der Waals surface area (Å²) in [6, 6.07) is 29.5. The highest BCUT2D eigenvalue weighted by atomic mass is 32.2. The van der Waals surface area contributed by atoms with Crippen LogP contribution in [0.4, 0.5) is 0 Å². The lowest BCUT2D eigenvalue weighted by atomic mass is 9.89. The summed E-state index contributed by atoms with van der Waals surface area (Å²) >= 11 is 3.68. The summed E-state index contributed by atoms with van der Waals surface area (Å²) in [5, 5.41) is 6.41. The first kappa shape index (κ1) is 23.3. The molecule has 0 radical (unpaired) electrons. The van der Waals surface area contributed by atoms with Gasteiger partial charge in [0.1, 0.15) is 5.75 Å². The maximum absolute atomic E-state index is 6.53. The molecule has 0 aliphatic carbocycles. The van der Waals surface area contributed by atoms with Gasteiger partial charge in [-0.3, -0.25) is 0 Å². The summed E-state index contributed by atoms with van der Waals surface area (Å²) < 4.78 is 8.97. The molecular formula is C32H30N2OS2. The predicted molar refractivity (Wildman–Crippen MR) is 156 cm³/mol. The van der Waals surface area contributed by atoms with Gasteiger partial charge in [0, 0.05) is 24.3 Å². The van der Waals surface area contributed by atoms with Crippen molar-refractivity contribution < 1.29 is 4.74 Å². The van der Waals surface area contributed by atoms with Crippen LogP contribution >= 0.6 is 23.1 Å². The van der Waals surface area contributed by atoms with Crippen molar-refractivity contribution in [2.75, 3.05) is 12.4 Å². The van der Waals surface area contributed by atoms with E-state index in [2.05, 4.69) is 84.2 Å². The first-order valence-electron chi connectivity index (χ1n) is 13.3. The van der Waals surface area contributed by atoms with E-state index in [0.29, 0.717) is 18.7 Å². The molecule has 3 nitrogen and oxygen atoms in total. The number of hydrogen-bond acceptors (Lipinski definition) is 5. The highest BCUT2D eigenvalue weighted by molar-refractivity contribution is 8.01. The van der Waals surface area contributed by atoms with Crippen molar-refractivity contribution >= 4 is 44.1 Å². The highest BCUT2D eigenvalue weighted by Gasteiger charge is 2.37. The maximum Gasteiger partial charge on any atom is 0.151 e. The van der Waals surface area contributed by atoms with Crippen LogP contribution in [0.2, 0.25) is 0 Å². The minimum absolute atomic E-state index is 0.504. The number of aromatic nitrogens is 1. The molecule has 2 aliphatic heterocycles. The van der Waals surface area contributed by atoms with E-state index in [1.165, 1.54) is 54.9 Å². The Balaban J connectivity index is 1.05. The van der Waals surface area contributed by atoms with Crippen LogP contribution in [0.15, 0.2) is 83.2 Å². The molecule has 0 saturated carbocycles. The smallest absolute Gasteiger partial charge is 0.151 e. The largest absolute Gasteiger partial charge is 0.493 e. The van der Waals surface area contributed by atoms with E-state index in [0.717, 1.165) is 36.3 Å². The number of benzene rings is 4. The maximum atomic E-state index is 6.53. The lowest BCUT2D eigenvalue weighted by Gasteiger charge is -2.19. The number of fused-ring (bicyclic) bond motifs is 7. The molecule has 5 aromatic rings. The zero-order chi connectivity index (χ0) is 24.6. The molecule has 1 aromatic heterocycles. The lowest BCUT2D eigenvalue weighted by molar-refractivity contribution is 0.318. The molecule has 2 aliphatic rings. The second kappa shape index (κ2) is 10.1. The van der Waals surface area contributed by atoms with Crippen LogP contribution in [-0.4, -0.2) is 17.3 Å². The van der Waals surface area contributed by atoms with Crippen molar-refractivity contribution in [2.45, 2.75) is 48.5 Å². The number of aryl methyl sites for hydroxylation is 1. The summed E-state index contributed by atoms with van der Waals surface area (Å²) in [4.78, 5) is 4.79. The van der Waals surface area contributed by atoms with Crippen molar-refractivity contribution in [1.29, 1.82) is 0 Å². The van der Waals surface area contributed by atoms with Gasteiger partial charge < -0.3 is 10.1 Å². The van der Waals surface area contributed by atoms with Gasteiger partial charge in [-0.1, -0.05) is 72.4 Å². The molecule has 3 heterocycles. The molecular weight excluding hydrogens is 492 g/mol. The second-order valence-corrected chi connectivity index (χ2v) is 12.4. The molecule has 5 heteroatoms. The summed E-state index contributed by atoms with van der Waals surface area (Å²) in [7, 11) is 0. The molecule has 0 spiro atoms. The molecule has 0 unspecified atom stereocenters. The average molecular weight is 523 g/mol. The van der Waals surface area contributed by atoms with Crippen LogP contribution in [0.1, 0.15) is 53.6 Å². The number of rotatable bonds is 9. The fourth-order valence-electron chi connectivity index (χ4n) is 5.94. The Morgan fingerprint density at radius 2 is 1.68 bits per heavy atom. The van der Waals surface area contributed by atoms with Crippen molar-refractivity contribution in [3.8, 4) is 5.75 Å². The van der Waals surface area contributed by atoms with E-state index in [4.69, 9.17) is 9.72 Å². The SMILES string of the molecule is c1ccc2c(CCOc3cc4c(cc3CCCSc3nc5ccccc5s3)[C@@H]3CC[C@H]4N3)cccc2c1. The second-order valence-electron chi connectivity index (χ2n) is 10.1. The zero-order valence-electron chi connectivity index (χ0n) is 20.8. The Kier molecular flexibility index (Phi) is 6.37. The standard InChI is InChI=1S/C32H30N2OS2/c1-2-11-24-21(7-1)8-5-9-22(24)16-17-35-30-20-26-25(27-14-15-28(26)33-27)19-23(30)10-6-18-36-32-34-29-12-3-4-13-31(29)37-32/h1-5,7-9,11-13,19-20,27-28,33H,6,10,14-18H2/t27-,28+/m0/s1. The molecule has 2 bridgehead atoms. The van der Waals surface area contributed by atoms with Crippen LogP contribution in [-0.2, 0) is 12.8 Å².